The molecule has 1 heterocycles. The van der Waals surface area contributed by atoms with Gasteiger partial charge in [-0.25, -0.2) is 4.98 Å². The largest absolute Gasteiger partial charge is 0.381 e. The van der Waals surface area contributed by atoms with Crippen molar-refractivity contribution in [3.8, 4) is 5.69 Å². The van der Waals surface area contributed by atoms with Gasteiger partial charge in [0.2, 0.25) is 0 Å². The van der Waals surface area contributed by atoms with Gasteiger partial charge in [0, 0.05) is 18.4 Å². The lowest BCUT2D eigenvalue weighted by atomic mass is 9.70. The molecule has 1 N–H and O–H groups in total. The number of nitrogens with zero attached hydrogens (tertiary/aromatic N) is 2. The molecule has 3 nitrogen and oxygen atoms in total. The number of anilines is 1. The van der Waals surface area contributed by atoms with Gasteiger partial charge in [-0.3, -0.25) is 0 Å². The van der Waals surface area contributed by atoms with Gasteiger partial charge >= 0.3 is 0 Å². The van der Waals surface area contributed by atoms with Gasteiger partial charge in [0.1, 0.15) is 0 Å². The normalized spacial score (nSPS) is 24.7. The van der Waals surface area contributed by atoms with E-state index >= 15 is 0 Å². The molecule has 1 aliphatic carbocycles. The molecular formula is C18H25N3. The third kappa shape index (κ3) is 3.29. The van der Waals surface area contributed by atoms with Crippen molar-refractivity contribution in [3.05, 3.63) is 43.0 Å². The van der Waals surface area contributed by atoms with Crippen LogP contribution in [0, 0.1) is 11.3 Å². The lowest BCUT2D eigenvalue weighted by Crippen LogP contribution is -2.35. The smallest absolute Gasteiger partial charge is 0.0992 e. The molecule has 0 radical (unpaired) electrons. The van der Waals surface area contributed by atoms with Gasteiger partial charge in [-0.1, -0.05) is 32.9 Å². The van der Waals surface area contributed by atoms with Gasteiger partial charge in [-0.15, -0.1) is 0 Å². The van der Waals surface area contributed by atoms with Gasteiger partial charge in [-0.05, 0) is 42.7 Å². The zero-order valence-corrected chi connectivity index (χ0v) is 13.2. The Morgan fingerprint density at radius 3 is 2.76 bits per heavy atom. The van der Waals surface area contributed by atoms with Crippen LogP contribution in [0.1, 0.15) is 40.0 Å². The SMILES string of the molecule is CC1CC(Nc2ccccc2-n2ccnc2)CC(C)(C)C1. The second-order valence-electron chi connectivity index (χ2n) is 7.24. The second kappa shape index (κ2) is 5.55. The fourth-order valence-corrected chi connectivity index (χ4v) is 3.90. The summed E-state index contributed by atoms with van der Waals surface area (Å²) in [6.07, 6.45) is 9.48. The molecular weight excluding hydrogens is 258 g/mol. The van der Waals surface area contributed by atoms with Crippen LogP contribution in [0.5, 0.6) is 0 Å². The third-order valence-corrected chi connectivity index (χ3v) is 4.43. The van der Waals surface area contributed by atoms with E-state index in [0.717, 1.165) is 5.92 Å². The van der Waals surface area contributed by atoms with E-state index in [-0.39, 0.29) is 0 Å². The van der Waals surface area contributed by atoms with E-state index in [1.807, 2.05) is 18.7 Å². The van der Waals surface area contributed by atoms with E-state index < -0.39 is 0 Å². The van der Waals surface area contributed by atoms with Crippen molar-refractivity contribution < 1.29 is 0 Å². The van der Waals surface area contributed by atoms with Crippen LogP contribution in [0.3, 0.4) is 0 Å². The maximum atomic E-state index is 4.16. The molecule has 1 saturated carbocycles. The molecule has 1 aliphatic rings. The van der Waals surface area contributed by atoms with Crippen molar-refractivity contribution in [1.82, 2.24) is 9.55 Å². The predicted octanol–water partition coefficient (Wildman–Crippen LogP) is 4.50. The molecule has 112 valence electrons. The number of hydrogen-bond acceptors (Lipinski definition) is 2. The van der Waals surface area contributed by atoms with Crippen molar-refractivity contribution in [1.29, 1.82) is 0 Å². The molecule has 2 unspecified atom stereocenters. The molecule has 0 spiro atoms. The zero-order valence-electron chi connectivity index (χ0n) is 13.2. The molecule has 1 aromatic heterocycles. The molecule has 1 aromatic carbocycles. The van der Waals surface area contributed by atoms with Crippen molar-refractivity contribution in [3.63, 3.8) is 0 Å². The molecule has 0 amide bonds. The Morgan fingerprint density at radius 1 is 1.24 bits per heavy atom. The first kappa shape index (κ1) is 14.2. The summed E-state index contributed by atoms with van der Waals surface area (Å²) >= 11 is 0. The average Bonchev–Trinajstić information content (AvgIpc) is 2.90. The first-order chi connectivity index (χ1) is 10.0. The van der Waals surface area contributed by atoms with Gasteiger partial charge in [0.15, 0.2) is 0 Å². The number of para-hydroxylation sites is 2. The Kier molecular flexibility index (Phi) is 3.75. The number of imidazole rings is 1. The molecule has 0 bridgehead atoms. The summed E-state index contributed by atoms with van der Waals surface area (Å²) in [7, 11) is 0. The minimum absolute atomic E-state index is 0.430. The standard InChI is InChI=1S/C18H25N3/c1-14-10-15(12-18(2,3)11-14)20-16-6-4-5-7-17(16)21-9-8-19-13-21/h4-9,13-15,20H,10-12H2,1-3H3. The van der Waals surface area contributed by atoms with Crippen LogP contribution in [0.2, 0.25) is 0 Å². The van der Waals surface area contributed by atoms with Crippen LogP contribution in [0.4, 0.5) is 5.69 Å². The van der Waals surface area contributed by atoms with Crippen LogP contribution in [-0.2, 0) is 0 Å². The number of hydrogen-bond donors (Lipinski definition) is 1. The number of aromatic nitrogens is 2. The van der Waals surface area contributed by atoms with Gasteiger partial charge < -0.3 is 9.88 Å². The molecule has 3 heteroatoms. The third-order valence-electron chi connectivity index (χ3n) is 4.43. The van der Waals surface area contributed by atoms with E-state index in [0.29, 0.717) is 11.5 Å². The first-order valence-corrected chi connectivity index (χ1v) is 7.87. The monoisotopic (exact) mass is 283 g/mol. The summed E-state index contributed by atoms with van der Waals surface area (Å²) in [5.41, 5.74) is 2.80. The summed E-state index contributed by atoms with van der Waals surface area (Å²) in [6.45, 7) is 7.15. The highest BCUT2D eigenvalue weighted by molar-refractivity contribution is 5.61. The summed E-state index contributed by atoms with van der Waals surface area (Å²) < 4.78 is 2.07. The van der Waals surface area contributed by atoms with Gasteiger partial charge in [-0.2, -0.15) is 0 Å². The van der Waals surface area contributed by atoms with E-state index in [4.69, 9.17) is 0 Å². The highest BCUT2D eigenvalue weighted by Crippen LogP contribution is 2.39. The minimum atomic E-state index is 0.430. The Hall–Kier alpha value is -1.77. The van der Waals surface area contributed by atoms with Crippen LogP contribution in [0.15, 0.2) is 43.0 Å². The van der Waals surface area contributed by atoms with Crippen LogP contribution in [-0.4, -0.2) is 15.6 Å². The highest BCUT2D eigenvalue weighted by Gasteiger charge is 2.32. The lowest BCUT2D eigenvalue weighted by molar-refractivity contribution is 0.178. The Morgan fingerprint density at radius 2 is 2.05 bits per heavy atom. The Balaban J connectivity index is 1.82. The Bertz CT molecular complexity index is 586. The van der Waals surface area contributed by atoms with Crippen LogP contribution in [0.25, 0.3) is 5.69 Å². The van der Waals surface area contributed by atoms with Crippen LogP contribution < -0.4 is 5.32 Å². The summed E-state index contributed by atoms with van der Waals surface area (Å²) in [5, 5.41) is 3.78. The van der Waals surface area contributed by atoms with Gasteiger partial charge in [0.05, 0.1) is 17.7 Å². The van der Waals surface area contributed by atoms with Crippen molar-refractivity contribution in [2.45, 2.75) is 46.1 Å². The number of nitrogens with one attached hydrogen (secondary N) is 1. The summed E-state index contributed by atoms with van der Waals surface area (Å²) in [6, 6.07) is 9.03. The fourth-order valence-electron chi connectivity index (χ4n) is 3.90. The van der Waals surface area contributed by atoms with Crippen molar-refractivity contribution in [2.24, 2.45) is 11.3 Å². The lowest BCUT2D eigenvalue weighted by Gasteiger charge is -2.39. The molecule has 1 fully saturated rings. The second-order valence-corrected chi connectivity index (χ2v) is 7.24. The van der Waals surface area contributed by atoms with E-state index in [9.17, 15) is 0 Å². The Labute approximate surface area is 127 Å². The molecule has 21 heavy (non-hydrogen) atoms. The van der Waals surface area contributed by atoms with Gasteiger partial charge in [0.25, 0.3) is 0 Å². The van der Waals surface area contributed by atoms with Crippen molar-refractivity contribution in [2.75, 3.05) is 5.32 Å². The predicted molar refractivity (Wildman–Crippen MR) is 87.8 cm³/mol. The minimum Gasteiger partial charge on any atom is -0.381 e. The maximum Gasteiger partial charge on any atom is 0.0992 e. The first-order valence-electron chi connectivity index (χ1n) is 7.87. The molecule has 0 aliphatic heterocycles. The number of rotatable bonds is 3. The molecule has 2 atom stereocenters. The maximum absolute atomic E-state index is 4.16. The van der Waals surface area contributed by atoms with E-state index in [1.165, 1.54) is 30.6 Å². The highest BCUT2D eigenvalue weighted by atomic mass is 15.1. The molecule has 3 rings (SSSR count). The van der Waals surface area contributed by atoms with E-state index in [2.05, 4.69) is 59.9 Å². The average molecular weight is 283 g/mol. The topological polar surface area (TPSA) is 29.9 Å². The molecule has 2 aromatic rings. The summed E-state index contributed by atoms with van der Waals surface area (Å²) in [4.78, 5) is 4.16. The number of benzene rings is 1. The van der Waals surface area contributed by atoms with Crippen molar-refractivity contribution >= 4 is 5.69 Å². The van der Waals surface area contributed by atoms with E-state index in [1.54, 1.807) is 0 Å². The van der Waals surface area contributed by atoms with Crippen LogP contribution >= 0.6 is 0 Å². The fraction of sp³-hybridized carbons (Fsp3) is 0.500. The summed E-state index contributed by atoms with van der Waals surface area (Å²) in [5.74, 6) is 0.784. The quantitative estimate of drug-likeness (QED) is 0.899. The zero-order chi connectivity index (χ0) is 14.9. The molecule has 0 saturated heterocycles.